The van der Waals surface area contributed by atoms with Crippen LogP contribution in [0.3, 0.4) is 0 Å². The predicted molar refractivity (Wildman–Crippen MR) is 84.0 cm³/mol. The van der Waals surface area contributed by atoms with Crippen molar-refractivity contribution in [1.82, 2.24) is 9.80 Å². The van der Waals surface area contributed by atoms with Crippen molar-refractivity contribution in [2.45, 2.75) is 32.8 Å². The molecule has 0 N–H and O–H groups in total. The van der Waals surface area contributed by atoms with E-state index in [4.69, 9.17) is 4.74 Å². The number of piperazine rings is 1. The lowest BCUT2D eigenvalue weighted by atomic mass is 10.2. The van der Waals surface area contributed by atoms with E-state index in [1.165, 1.54) is 4.90 Å². The molecular weight excluding hydrogens is 359 g/mol. The molecule has 9 heteroatoms. The number of carbonyl (C=O) groups excluding carboxylic acids is 1. The summed E-state index contributed by atoms with van der Waals surface area (Å²) in [5.41, 5.74) is -1.16. The molecule has 1 aliphatic rings. The second-order valence-electron chi connectivity index (χ2n) is 6.14. The number of benzene rings is 1. The number of halogens is 5. The van der Waals surface area contributed by atoms with Gasteiger partial charge in [-0.05, 0) is 13.0 Å². The first-order valence-electron chi connectivity index (χ1n) is 8.51. The third kappa shape index (κ3) is 4.63. The number of hydrogen-bond acceptors (Lipinski definition) is 3. The van der Waals surface area contributed by atoms with Gasteiger partial charge in [0.05, 0.1) is 5.56 Å². The van der Waals surface area contributed by atoms with E-state index in [1.54, 1.807) is 0 Å². The normalized spacial score (nSPS) is 15.4. The number of ether oxygens (including phenoxy) is 1. The van der Waals surface area contributed by atoms with E-state index in [-0.39, 0.29) is 0 Å². The third-order valence-corrected chi connectivity index (χ3v) is 4.35. The summed E-state index contributed by atoms with van der Waals surface area (Å²) in [6.07, 6.45) is 2.47. The van der Waals surface area contributed by atoms with Crippen molar-refractivity contribution in [3.8, 4) is 0 Å². The van der Waals surface area contributed by atoms with Crippen molar-refractivity contribution in [2.24, 2.45) is 0 Å². The summed E-state index contributed by atoms with van der Waals surface area (Å²) < 4.78 is 71.1. The highest BCUT2D eigenvalue weighted by atomic mass is 19.2. The van der Waals surface area contributed by atoms with Gasteiger partial charge in [0, 0.05) is 26.2 Å². The maximum absolute atomic E-state index is 13.6. The van der Waals surface area contributed by atoms with E-state index >= 15 is 0 Å². The lowest BCUT2D eigenvalue weighted by molar-refractivity contribution is 0.0695. The molecule has 1 fully saturated rings. The zero-order valence-corrected chi connectivity index (χ0v) is 14.5. The number of amides is 1. The fourth-order valence-electron chi connectivity index (χ4n) is 2.74. The molecule has 1 saturated heterocycles. The van der Waals surface area contributed by atoms with Gasteiger partial charge in [-0.1, -0.05) is 19.8 Å². The lowest BCUT2D eigenvalue weighted by Gasteiger charge is -2.34. The summed E-state index contributed by atoms with van der Waals surface area (Å²) in [4.78, 5) is 15.5. The Bertz CT molecular complexity index is 620. The van der Waals surface area contributed by atoms with Crippen LogP contribution in [-0.2, 0) is 11.3 Å². The molecule has 1 aromatic rings. The molecule has 0 saturated carbocycles. The van der Waals surface area contributed by atoms with Crippen LogP contribution in [0, 0.1) is 29.1 Å². The number of unbranched alkanes of at least 4 members (excludes halogenated alkanes) is 2. The van der Waals surface area contributed by atoms with E-state index in [0.29, 0.717) is 26.2 Å². The molecule has 0 spiro atoms. The molecule has 0 aromatic heterocycles. The average Bonchev–Trinajstić information content (AvgIpc) is 2.65. The standard InChI is InChI=1S/C17H21F5N2O2/c1-2-3-4-5-23-6-8-24(9-7-23)17(25)26-10-11-12(18)14(20)16(22)15(21)13(11)19/h2-10H2,1H3. The van der Waals surface area contributed by atoms with Gasteiger partial charge >= 0.3 is 6.09 Å². The van der Waals surface area contributed by atoms with Crippen molar-refractivity contribution in [3.63, 3.8) is 0 Å². The van der Waals surface area contributed by atoms with Gasteiger partial charge < -0.3 is 9.64 Å². The summed E-state index contributed by atoms with van der Waals surface area (Å²) in [7, 11) is 0. The Morgan fingerprint density at radius 3 is 1.96 bits per heavy atom. The quantitative estimate of drug-likeness (QED) is 0.326. The molecule has 0 bridgehead atoms. The lowest BCUT2D eigenvalue weighted by Crippen LogP contribution is -2.49. The van der Waals surface area contributed by atoms with Crippen LogP contribution in [0.5, 0.6) is 0 Å². The van der Waals surface area contributed by atoms with Gasteiger partial charge in [0.15, 0.2) is 23.3 Å². The molecule has 1 amide bonds. The van der Waals surface area contributed by atoms with Crippen LogP contribution in [0.15, 0.2) is 0 Å². The Hall–Kier alpha value is -1.90. The first-order chi connectivity index (χ1) is 12.4. The Morgan fingerprint density at radius 1 is 0.885 bits per heavy atom. The van der Waals surface area contributed by atoms with Crippen molar-refractivity contribution in [1.29, 1.82) is 0 Å². The minimum absolute atomic E-state index is 0.377. The first-order valence-corrected chi connectivity index (χ1v) is 8.51. The maximum atomic E-state index is 13.6. The van der Waals surface area contributed by atoms with Crippen LogP contribution >= 0.6 is 0 Å². The van der Waals surface area contributed by atoms with Crippen LogP contribution in [0.25, 0.3) is 0 Å². The van der Waals surface area contributed by atoms with Crippen molar-refractivity contribution in [3.05, 3.63) is 34.6 Å². The molecule has 0 unspecified atom stereocenters. The molecule has 1 heterocycles. The van der Waals surface area contributed by atoms with Gasteiger partial charge in [-0.3, -0.25) is 4.90 Å². The summed E-state index contributed by atoms with van der Waals surface area (Å²) in [5, 5.41) is 0. The maximum Gasteiger partial charge on any atom is 0.410 e. The average molecular weight is 380 g/mol. The van der Waals surface area contributed by atoms with Crippen molar-refractivity contribution >= 4 is 6.09 Å². The van der Waals surface area contributed by atoms with Crippen LogP contribution in [0.1, 0.15) is 31.7 Å². The molecule has 1 aromatic carbocycles. The number of carbonyl (C=O) groups is 1. The molecule has 1 aliphatic heterocycles. The van der Waals surface area contributed by atoms with E-state index in [1.807, 2.05) is 0 Å². The monoisotopic (exact) mass is 380 g/mol. The van der Waals surface area contributed by atoms with Crippen LogP contribution < -0.4 is 0 Å². The predicted octanol–water partition coefficient (Wildman–Crippen LogP) is 3.83. The Kier molecular flexibility index (Phi) is 7.19. The Labute approximate surface area is 148 Å². The van der Waals surface area contributed by atoms with Gasteiger partial charge in [0.2, 0.25) is 5.82 Å². The minimum Gasteiger partial charge on any atom is -0.444 e. The Morgan fingerprint density at radius 2 is 1.42 bits per heavy atom. The Balaban J connectivity index is 1.89. The smallest absolute Gasteiger partial charge is 0.410 e. The number of nitrogens with zero attached hydrogens (tertiary/aromatic N) is 2. The van der Waals surface area contributed by atoms with E-state index in [2.05, 4.69) is 11.8 Å². The zero-order chi connectivity index (χ0) is 19.3. The second kappa shape index (κ2) is 9.16. The highest BCUT2D eigenvalue weighted by Gasteiger charge is 2.27. The van der Waals surface area contributed by atoms with Crippen molar-refractivity contribution < 1.29 is 31.5 Å². The summed E-state index contributed by atoms with van der Waals surface area (Å²) in [5.74, 6) is -10.3. The summed E-state index contributed by atoms with van der Waals surface area (Å²) in [6.45, 7) is 4.05. The topological polar surface area (TPSA) is 32.8 Å². The molecule has 4 nitrogen and oxygen atoms in total. The highest BCUT2D eigenvalue weighted by molar-refractivity contribution is 5.67. The highest BCUT2D eigenvalue weighted by Crippen LogP contribution is 2.23. The fourth-order valence-corrected chi connectivity index (χ4v) is 2.74. The van der Waals surface area contributed by atoms with Crippen LogP contribution in [0.4, 0.5) is 26.7 Å². The molecule has 0 radical (unpaired) electrons. The van der Waals surface area contributed by atoms with Gasteiger partial charge in [0.25, 0.3) is 0 Å². The minimum atomic E-state index is -2.24. The SMILES string of the molecule is CCCCCN1CCN(C(=O)OCc2c(F)c(F)c(F)c(F)c2F)CC1. The van der Waals surface area contributed by atoms with Gasteiger partial charge in [-0.15, -0.1) is 0 Å². The molecule has 0 atom stereocenters. The molecule has 26 heavy (non-hydrogen) atoms. The zero-order valence-electron chi connectivity index (χ0n) is 14.5. The summed E-state index contributed by atoms with van der Waals surface area (Å²) >= 11 is 0. The number of rotatable bonds is 6. The summed E-state index contributed by atoms with van der Waals surface area (Å²) in [6, 6.07) is 0. The number of hydrogen-bond donors (Lipinski definition) is 0. The molecule has 2 rings (SSSR count). The van der Waals surface area contributed by atoms with Crippen LogP contribution in [-0.4, -0.2) is 48.6 Å². The third-order valence-electron chi connectivity index (χ3n) is 4.35. The molecule has 146 valence electrons. The van der Waals surface area contributed by atoms with Crippen LogP contribution in [0.2, 0.25) is 0 Å². The van der Waals surface area contributed by atoms with Gasteiger partial charge in [-0.25, -0.2) is 26.7 Å². The largest absolute Gasteiger partial charge is 0.444 e. The molecular formula is C17H21F5N2O2. The van der Waals surface area contributed by atoms with Crippen molar-refractivity contribution in [2.75, 3.05) is 32.7 Å². The first kappa shape index (κ1) is 20.4. The van der Waals surface area contributed by atoms with E-state index in [9.17, 15) is 26.7 Å². The fraction of sp³-hybridized carbons (Fsp3) is 0.588. The van der Waals surface area contributed by atoms with E-state index in [0.717, 1.165) is 25.8 Å². The molecule has 0 aliphatic carbocycles. The van der Waals surface area contributed by atoms with Gasteiger partial charge in [-0.2, -0.15) is 0 Å². The van der Waals surface area contributed by atoms with E-state index < -0.39 is 47.3 Å². The van der Waals surface area contributed by atoms with Gasteiger partial charge in [0.1, 0.15) is 6.61 Å². The second-order valence-corrected chi connectivity index (χ2v) is 6.14.